The maximum atomic E-state index is 11.9. The highest BCUT2D eigenvalue weighted by Gasteiger charge is 2.46. The molecule has 0 amide bonds. The van der Waals surface area contributed by atoms with Crippen LogP contribution in [0.25, 0.3) is 0 Å². The second-order valence-electron chi connectivity index (χ2n) is 5.21. The number of hydrogen-bond donors (Lipinski definition) is 1. The van der Waals surface area contributed by atoms with E-state index >= 15 is 0 Å². The zero-order valence-electron chi connectivity index (χ0n) is 12.0. The number of benzene rings is 1. The van der Waals surface area contributed by atoms with Gasteiger partial charge in [0.1, 0.15) is 0 Å². The molecule has 1 aliphatic carbocycles. The Kier molecular flexibility index (Phi) is 4.14. The molecule has 1 saturated carbocycles. The number of methoxy groups -OCH3 is 2. The maximum absolute atomic E-state index is 11.9. The second-order valence-corrected chi connectivity index (χ2v) is 5.59. The minimum absolute atomic E-state index is 0.355. The van der Waals surface area contributed by atoms with Gasteiger partial charge in [-0.3, -0.25) is 4.79 Å². The van der Waals surface area contributed by atoms with Crippen molar-refractivity contribution >= 4 is 17.6 Å². The summed E-state index contributed by atoms with van der Waals surface area (Å²) in [5, 5.41) is 10.1. The van der Waals surface area contributed by atoms with E-state index in [1.807, 2.05) is 6.92 Å². The molecule has 0 saturated heterocycles. The molecule has 1 N–H and O–H groups in total. The minimum Gasteiger partial charge on any atom is -0.493 e. The van der Waals surface area contributed by atoms with Crippen LogP contribution in [0.15, 0.2) is 6.07 Å². The summed E-state index contributed by atoms with van der Waals surface area (Å²) in [4.78, 5) is 11.9. The number of rotatable bonds is 4. The van der Waals surface area contributed by atoms with Crippen LogP contribution in [0, 0.1) is 6.92 Å². The monoisotopic (exact) mass is 298 g/mol. The Labute approximate surface area is 123 Å². The van der Waals surface area contributed by atoms with Crippen molar-refractivity contribution in [2.24, 2.45) is 0 Å². The third-order valence-electron chi connectivity index (χ3n) is 4.15. The van der Waals surface area contributed by atoms with Gasteiger partial charge in [-0.15, -0.1) is 0 Å². The van der Waals surface area contributed by atoms with Crippen molar-refractivity contribution < 1.29 is 19.4 Å². The Morgan fingerprint density at radius 3 is 2.35 bits per heavy atom. The molecule has 4 nitrogen and oxygen atoms in total. The van der Waals surface area contributed by atoms with E-state index in [1.165, 1.54) is 14.2 Å². The molecule has 0 radical (unpaired) electrons. The summed E-state index contributed by atoms with van der Waals surface area (Å²) in [6.07, 6.45) is 3.02. The molecule has 1 aromatic rings. The fourth-order valence-electron chi connectivity index (χ4n) is 3.21. The number of aliphatic carboxylic acids is 1. The summed E-state index contributed by atoms with van der Waals surface area (Å²) in [5.41, 5.74) is 0.597. The van der Waals surface area contributed by atoms with Crippen LogP contribution < -0.4 is 9.47 Å². The number of carboxylic acids is 1. The largest absolute Gasteiger partial charge is 0.493 e. The molecule has 2 rings (SSSR count). The van der Waals surface area contributed by atoms with Gasteiger partial charge in [-0.1, -0.05) is 24.4 Å². The van der Waals surface area contributed by atoms with Crippen molar-refractivity contribution in [3.8, 4) is 11.5 Å². The second kappa shape index (κ2) is 5.52. The number of ether oxygens (including phenoxy) is 2. The molecule has 1 aromatic carbocycles. The fraction of sp³-hybridized carbons (Fsp3) is 0.533. The minimum atomic E-state index is -0.902. The van der Waals surface area contributed by atoms with Gasteiger partial charge in [0.15, 0.2) is 11.5 Å². The molecular weight excluding hydrogens is 280 g/mol. The Balaban J connectivity index is 2.70. The lowest BCUT2D eigenvalue weighted by atomic mass is 9.76. The van der Waals surface area contributed by atoms with Gasteiger partial charge >= 0.3 is 5.97 Å². The topological polar surface area (TPSA) is 55.8 Å². The molecule has 5 heteroatoms. The summed E-state index contributed by atoms with van der Waals surface area (Å²) < 4.78 is 10.5. The van der Waals surface area contributed by atoms with Gasteiger partial charge in [0, 0.05) is 0 Å². The molecule has 0 spiro atoms. The van der Waals surface area contributed by atoms with Crippen LogP contribution >= 0.6 is 11.6 Å². The summed E-state index contributed by atoms with van der Waals surface area (Å²) in [6.45, 7) is 1.87. The van der Waals surface area contributed by atoms with Crippen molar-refractivity contribution in [2.75, 3.05) is 14.2 Å². The number of halogens is 1. The van der Waals surface area contributed by atoms with Gasteiger partial charge in [-0.25, -0.2) is 0 Å². The summed E-state index contributed by atoms with van der Waals surface area (Å²) in [5.74, 6) is 0.117. The highest BCUT2D eigenvalue weighted by Crippen LogP contribution is 2.50. The first kappa shape index (κ1) is 15.0. The molecule has 1 aliphatic rings. The zero-order chi connectivity index (χ0) is 14.9. The highest BCUT2D eigenvalue weighted by molar-refractivity contribution is 6.33. The Morgan fingerprint density at radius 1 is 1.30 bits per heavy atom. The lowest BCUT2D eigenvalue weighted by Crippen LogP contribution is -2.34. The van der Waals surface area contributed by atoms with Crippen molar-refractivity contribution in [1.82, 2.24) is 0 Å². The summed E-state index contributed by atoms with van der Waals surface area (Å²) in [7, 11) is 3.04. The Morgan fingerprint density at radius 2 is 1.90 bits per heavy atom. The van der Waals surface area contributed by atoms with Gasteiger partial charge in [0.05, 0.1) is 24.7 Å². The van der Waals surface area contributed by atoms with E-state index in [0.29, 0.717) is 34.9 Å². The van der Waals surface area contributed by atoms with E-state index < -0.39 is 11.4 Å². The molecule has 0 atom stereocenters. The van der Waals surface area contributed by atoms with E-state index in [4.69, 9.17) is 21.1 Å². The van der Waals surface area contributed by atoms with Crippen LogP contribution in [-0.2, 0) is 10.2 Å². The summed E-state index contributed by atoms with van der Waals surface area (Å²) >= 11 is 6.44. The number of hydrogen-bond acceptors (Lipinski definition) is 3. The molecular formula is C15H19ClO4. The zero-order valence-corrected chi connectivity index (χ0v) is 12.7. The average Bonchev–Trinajstić information content (AvgIpc) is 2.88. The van der Waals surface area contributed by atoms with Crippen LogP contribution in [-0.4, -0.2) is 25.3 Å². The van der Waals surface area contributed by atoms with Crippen LogP contribution in [0.1, 0.15) is 36.8 Å². The Hall–Kier alpha value is -1.42. The van der Waals surface area contributed by atoms with E-state index in [-0.39, 0.29) is 0 Å². The Bertz CT molecular complexity index is 533. The first-order valence-corrected chi connectivity index (χ1v) is 7.00. The normalized spacial score (nSPS) is 17.0. The first-order chi connectivity index (χ1) is 9.47. The smallest absolute Gasteiger partial charge is 0.314 e. The predicted octanol–water partition coefficient (Wildman–Crippen LogP) is 3.56. The fourth-order valence-corrected chi connectivity index (χ4v) is 3.71. The quantitative estimate of drug-likeness (QED) is 0.923. The number of carboxylic acid groups (broad SMARTS) is 1. The van der Waals surface area contributed by atoms with Gasteiger partial charge in [0.25, 0.3) is 0 Å². The maximum Gasteiger partial charge on any atom is 0.314 e. The van der Waals surface area contributed by atoms with Gasteiger partial charge in [0.2, 0.25) is 0 Å². The molecule has 0 bridgehead atoms. The standard InChI is InChI=1S/C15H19ClO4/c1-9-8-10(19-2)13(20-3)12(16)11(9)15(14(17)18)6-4-5-7-15/h8H,4-7H2,1-3H3,(H,17,18). The first-order valence-electron chi connectivity index (χ1n) is 6.63. The van der Waals surface area contributed by atoms with Crippen molar-refractivity contribution in [1.29, 1.82) is 0 Å². The molecule has 110 valence electrons. The van der Waals surface area contributed by atoms with Crippen molar-refractivity contribution in [2.45, 2.75) is 38.0 Å². The predicted molar refractivity (Wildman–Crippen MR) is 77.1 cm³/mol. The van der Waals surface area contributed by atoms with E-state index in [0.717, 1.165) is 18.4 Å². The molecule has 0 unspecified atom stereocenters. The number of aryl methyl sites for hydroxylation is 1. The van der Waals surface area contributed by atoms with Crippen molar-refractivity contribution in [3.05, 3.63) is 22.2 Å². The number of carbonyl (C=O) groups is 1. The van der Waals surface area contributed by atoms with E-state index in [2.05, 4.69) is 0 Å². The van der Waals surface area contributed by atoms with Crippen LogP contribution in [0.2, 0.25) is 5.02 Å². The summed E-state index contributed by atoms with van der Waals surface area (Å²) in [6, 6.07) is 1.79. The lowest BCUT2D eigenvalue weighted by Gasteiger charge is -2.28. The van der Waals surface area contributed by atoms with E-state index in [1.54, 1.807) is 6.07 Å². The third kappa shape index (κ3) is 2.12. The SMILES string of the molecule is COc1cc(C)c(C2(C(=O)O)CCCC2)c(Cl)c1OC. The lowest BCUT2D eigenvalue weighted by molar-refractivity contribution is -0.143. The van der Waals surface area contributed by atoms with Gasteiger partial charge in [-0.2, -0.15) is 0 Å². The molecule has 0 aromatic heterocycles. The third-order valence-corrected chi connectivity index (χ3v) is 4.51. The molecule has 0 aliphatic heterocycles. The van der Waals surface area contributed by atoms with Crippen LogP contribution in [0.4, 0.5) is 0 Å². The van der Waals surface area contributed by atoms with E-state index in [9.17, 15) is 9.90 Å². The average molecular weight is 299 g/mol. The molecule has 0 heterocycles. The molecule has 1 fully saturated rings. The van der Waals surface area contributed by atoms with Gasteiger partial charge in [-0.05, 0) is 37.0 Å². The highest BCUT2D eigenvalue weighted by atomic mass is 35.5. The van der Waals surface area contributed by atoms with Crippen LogP contribution in [0.3, 0.4) is 0 Å². The van der Waals surface area contributed by atoms with Gasteiger partial charge < -0.3 is 14.6 Å². The van der Waals surface area contributed by atoms with Crippen LogP contribution in [0.5, 0.6) is 11.5 Å². The van der Waals surface area contributed by atoms with Crippen molar-refractivity contribution in [3.63, 3.8) is 0 Å². The molecule has 20 heavy (non-hydrogen) atoms.